The molecule has 0 fully saturated rings. The Morgan fingerprint density at radius 2 is 2.53 bits per heavy atom. The second kappa shape index (κ2) is 6.53. The number of hydrogen-bond donors (Lipinski definition) is 0. The fourth-order valence-electron chi connectivity index (χ4n) is 0.914. The molecule has 0 saturated carbocycles. The van der Waals surface area contributed by atoms with E-state index in [4.69, 9.17) is 17.0 Å². The molecule has 5 heteroatoms. The fraction of sp³-hybridized carbons (Fsp3) is 0.300. The Morgan fingerprint density at radius 3 is 3.07 bits per heavy atom. The number of thioether (sulfide) groups is 1. The van der Waals surface area contributed by atoms with Crippen LogP contribution in [-0.2, 0) is 9.53 Å². The maximum Gasteiger partial charge on any atom is 0.303 e. The highest BCUT2D eigenvalue weighted by Gasteiger charge is 2.09. The Morgan fingerprint density at radius 1 is 1.73 bits per heavy atom. The van der Waals surface area contributed by atoms with Gasteiger partial charge in [-0.05, 0) is 12.1 Å². The number of nitrogens with zero attached hydrogens (tertiary/aromatic N) is 1. The van der Waals surface area contributed by atoms with E-state index in [0.29, 0.717) is 5.75 Å². The lowest BCUT2D eigenvalue weighted by atomic mass is 10.5. The van der Waals surface area contributed by atoms with Gasteiger partial charge in [-0.2, -0.15) is 0 Å². The summed E-state index contributed by atoms with van der Waals surface area (Å²) in [6.07, 6.45) is 1.39. The normalized spacial score (nSPS) is 11.8. The predicted octanol–water partition coefficient (Wildman–Crippen LogP) is 2.11. The first-order valence-corrected chi connectivity index (χ1v) is 5.84. The summed E-state index contributed by atoms with van der Waals surface area (Å²) in [4.78, 5) is 14.8. The van der Waals surface area contributed by atoms with Crippen LogP contribution in [0.15, 0.2) is 29.4 Å². The molecule has 1 unspecified atom stereocenters. The minimum atomic E-state index is -0.329. The van der Waals surface area contributed by atoms with Crippen molar-refractivity contribution in [3.63, 3.8) is 0 Å². The van der Waals surface area contributed by atoms with Crippen molar-refractivity contribution in [2.24, 2.45) is 0 Å². The van der Waals surface area contributed by atoms with Gasteiger partial charge in [0.15, 0.2) is 0 Å². The zero-order chi connectivity index (χ0) is 11.1. The fourth-order valence-corrected chi connectivity index (χ4v) is 2.00. The van der Waals surface area contributed by atoms with Gasteiger partial charge >= 0.3 is 5.97 Å². The summed E-state index contributed by atoms with van der Waals surface area (Å²) >= 11 is 6.28. The molecule has 0 aliphatic heterocycles. The summed E-state index contributed by atoms with van der Waals surface area (Å²) in [6, 6.07) is 5.67. The van der Waals surface area contributed by atoms with Gasteiger partial charge in [0, 0.05) is 24.2 Å². The van der Waals surface area contributed by atoms with Crippen LogP contribution in [0.3, 0.4) is 0 Å². The maximum absolute atomic E-state index is 10.7. The van der Waals surface area contributed by atoms with Gasteiger partial charge in [-0.1, -0.05) is 18.3 Å². The molecule has 15 heavy (non-hydrogen) atoms. The number of carbonyl (C=O) groups excluding carboxylic acids is 1. The van der Waals surface area contributed by atoms with Crippen LogP contribution in [0, 0.1) is 0 Å². The van der Waals surface area contributed by atoms with Gasteiger partial charge in [0.25, 0.3) is 0 Å². The van der Waals surface area contributed by atoms with Gasteiger partial charge in [0.05, 0.1) is 5.03 Å². The number of carbonyl (C=O) groups is 1. The van der Waals surface area contributed by atoms with E-state index in [1.807, 2.05) is 18.2 Å². The zero-order valence-corrected chi connectivity index (χ0v) is 9.88. The molecule has 0 spiro atoms. The van der Waals surface area contributed by atoms with E-state index < -0.39 is 0 Å². The lowest BCUT2D eigenvalue weighted by molar-refractivity contribution is -0.142. The van der Waals surface area contributed by atoms with Crippen molar-refractivity contribution in [3.8, 4) is 0 Å². The van der Waals surface area contributed by atoms with Crippen LogP contribution in [0.1, 0.15) is 6.92 Å². The van der Waals surface area contributed by atoms with E-state index in [1.165, 1.54) is 24.1 Å². The molecule has 0 aliphatic rings. The maximum atomic E-state index is 10.7. The number of pyridine rings is 1. The molecule has 0 amide bonds. The number of hydrogen-bond acceptors (Lipinski definition) is 5. The van der Waals surface area contributed by atoms with Crippen LogP contribution in [0.5, 0.6) is 0 Å². The molecular formula is C10H11NO2S2. The summed E-state index contributed by atoms with van der Waals surface area (Å²) < 4.78 is 4.97. The van der Waals surface area contributed by atoms with E-state index in [2.05, 4.69) is 4.98 Å². The molecule has 80 valence electrons. The molecular weight excluding hydrogens is 230 g/mol. The first kappa shape index (κ1) is 12.1. The van der Waals surface area contributed by atoms with Crippen LogP contribution in [0.2, 0.25) is 0 Å². The molecule has 1 rings (SSSR count). The van der Waals surface area contributed by atoms with Gasteiger partial charge in [-0.25, -0.2) is 4.98 Å². The summed E-state index contributed by atoms with van der Waals surface area (Å²) in [6.45, 7) is 1.37. The van der Waals surface area contributed by atoms with Crippen LogP contribution >= 0.6 is 24.0 Å². The Balaban J connectivity index is 2.41. The Bertz CT molecular complexity index is 329. The standard InChI is InChI=1S/C10H11NO2S2/c1-8(12)13-9(6-14)7-15-10-4-2-3-5-11-10/h2-6,9H,7H2,1H3. The van der Waals surface area contributed by atoms with Crippen molar-refractivity contribution in [2.45, 2.75) is 18.1 Å². The average molecular weight is 241 g/mol. The number of ether oxygens (including phenoxy) is 1. The monoisotopic (exact) mass is 241 g/mol. The highest BCUT2D eigenvalue weighted by atomic mass is 32.2. The minimum Gasteiger partial charge on any atom is -0.457 e. The van der Waals surface area contributed by atoms with Crippen LogP contribution in [-0.4, -0.2) is 28.2 Å². The average Bonchev–Trinajstić information content (AvgIpc) is 2.25. The summed E-state index contributed by atoms with van der Waals surface area (Å²) in [5.41, 5.74) is 0. The third kappa shape index (κ3) is 4.90. The van der Waals surface area contributed by atoms with Gasteiger partial charge in [-0.15, -0.1) is 11.8 Å². The first-order chi connectivity index (χ1) is 7.22. The number of esters is 1. The molecule has 0 radical (unpaired) electrons. The van der Waals surface area contributed by atoms with E-state index in [9.17, 15) is 4.79 Å². The van der Waals surface area contributed by atoms with Gasteiger partial charge < -0.3 is 4.74 Å². The third-order valence-electron chi connectivity index (χ3n) is 1.50. The zero-order valence-electron chi connectivity index (χ0n) is 8.25. The smallest absolute Gasteiger partial charge is 0.303 e. The Labute approximate surface area is 98.2 Å². The summed E-state index contributed by atoms with van der Waals surface area (Å²) in [7, 11) is 0. The molecule has 3 nitrogen and oxygen atoms in total. The summed E-state index contributed by atoms with van der Waals surface area (Å²) in [5.74, 6) is 0.280. The molecule has 1 heterocycles. The molecule has 0 aliphatic carbocycles. The van der Waals surface area contributed by atoms with E-state index in [1.54, 1.807) is 6.20 Å². The van der Waals surface area contributed by atoms with E-state index in [-0.39, 0.29) is 12.1 Å². The molecule has 0 saturated heterocycles. The van der Waals surface area contributed by atoms with Crippen molar-refractivity contribution in [1.29, 1.82) is 0 Å². The molecule has 1 atom stereocenters. The molecule has 0 N–H and O–H groups in total. The van der Waals surface area contributed by atoms with Gasteiger partial charge in [0.1, 0.15) is 6.10 Å². The van der Waals surface area contributed by atoms with Crippen molar-refractivity contribution in [1.82, 2.24) is 4.98 Å². The lowest BCUT2D eigenvalue weighted by Crippen LogP contribution is -2.19. The second-order valence-corrected chi connectivity index (χ2v) is 4.08. The molecule has 1 aromatic rings. The van der Waals surface area contributed by atoms with E-state index >= 15 is 0 Å². The summed E-state index contributed by atoms with van der Waals surface area (Å²) in [5, 5.41) is 2.35. The van der Waals surface area contributed by atoms with Crippen LogP contribution < -0.4 is 0 Å². The number of aromatic nitrogens is 1. The minimum absolute atomic E-state index is 0.317. The largest absolute Gasteiger partial charge is 0.457 e. The topological polar surface area (TPSA) is 39.2 Å². The quantitative estimate of drug-likeness (QED) is 0.448. The SMILES string of the molecule is CC(=O)OC(C=S)CSc1ccccn1. The van der Waals surface area contributed by atoms with Crippen LogP contribution in [0.25, 0.3) is 0 Å². The Hall–Kier alpha value is -0.940. The van der Waals surface area contributed by atoms with Crippen molar-refractivity contribution < 1.29 is 9.53 Å². The molecule has 0 aromatic carbocycles. The van der Waals surface area contributed by atoms with Crippen molar-refractivity contribution >= 4 is 35.3 Å². The highest BCUT2D eigenvalue weighted by molar-refractivity contribution is 7.99. The number of thiocarbonyl (C=S) groups is 1. The highest BCUT2D eigenvalue weighted by Crippen LogP contribution is 2.15. The van der Waals surface area contributed by atoms with Crippen molar-refractivity contribution in [3.05, 3.63) is 24.4 Å². The van der Waals surface area contributed by atoms with Gasteiger partial charge in [0.2, 0.25) is 0 Å². The van der Waals surface area contributed by atoms with Crippen LogP contribution in [0.4, 0.5) is 0 Å². The second-order valence-electron chi connectivity index (χ2n) is 2.76. The first-order valence-electron chi connectivity index (χ1n) is 4.38. The molecule has 1 aromatic heterocycles. The Kier molecular flexibility index (Phi) is 5.28. The molecule has 0 bridgehead atoms. The van der Waals surface area contributed by atoms with Gasteiger partial charge in [-0.3, -0.25) is 4.79 Å². The van der Waals surface area contributed by atoms with Crippen molar-refractivity contribution in [2.75, 3.05) is 5.75 Å². The van der Waals surface area contributed by atoms with E-state index in [0.717, 1.165) is 5.03 Å². The third-order valence-corrected chi connectivity index (χ3v) is 2.84. The predicted molar refractivity (Wildman–Crippen MR) is 64.2 cm³/mol. The number of rotatable bonds is 5. The lowest BCUT2D eigenvalue weighted by Gasteiger charge is -2.10.